The molecule has 2 aromatic carbocycles. The highest BCUT2D eigenvalue weighted by atomic mass is 16.8. The summed E-state index contributed by atoms with van der Waals surface area (Å²) in [6.45, 7) is 0. The number of anilines is 2. The molecular weight excluding hydrogens is 388 g/mol. The summed E-state index contributed by atoms with van der Waals surface area (Å²) >= 11 is 0. The second-order valence-electron chi connectivity index (χ2n) is 6.02. The van der Waals surface area contributed by atoms with E-state index in [-0.39, 0.29) is 22.6 Å². The predicted octanol–water partition coefficient (Wildman–Crippen LogP) is 3.05. The quantitative estimate of drug-likeness (QED) is 0.312. The molecule has 3 rings (SSSR count). The summed E-state index contributed by atoms with van der Waals surface area (Å²) in [6.07, 6.45) is 5.01. The molecule has 0 radical (unpaired) electrons. The van der Waals surface area contributed by atoms with E-state index < -0.39 is 10.1 Å². The minimum Gasteiger partial charge on any atom is -0.733 e. The van der Waals surface area contributed by atoms with Gasteiger partial charge >= 0.3 is 0 Å². The number of hydrazone groups is 1. The van der Waals surface area contributed by atoms with Crippen molar-refractivity contribution >= 4 is 23.3 Å². The lowest BCUT2D eigenvalue weighted by Gasteiger charge is -2.28. The summed E-state index contributed by atoms with van der Waals surface area (Å²) < 4.78 is 0. The van der Waals surface area contributed by atoms with E-state index in [2.05, 4.69) is 21.4 Å². The molecule has 0 unspecified atom stereocenters. The fraction of sp³-hybridized carbons (Fsp3) is 0. The number of allylic oxidation sites excluding steroid dienone is 4. The molecule has 0 aromatic heterocycles. The summed E-state index contributed by atoms with van der Waals surface area (Å²) in [7, 11) is 0. The molecule has 0 amide bonds. The lowest BCUT2D eigenvalue weighted by Crippen LogP contribution is -2.24. The van der Waals surface area contributed by atoms with E-state index in [0.29, 0.717) is 5.69 Å². The lowest BCUT2D eigenvalue weighted by molar-refractivity contribution is -0.377. The van der Waals surface area contributed by atoms with Gasteiger partial charge in [-0.1, -0.05) is 36.4 Å². The van der Waals surface area contributed by atoms with Gasteiger partial charge in [0.2, 0.25) is 5.71 Å². The second-order valence-corrected chi connectivity index (χ2v) is 6.02. The van der Waals surface area contributed by atoms with Crippen molar-refractivity contribution in [1.82, 2.24) is 10.7 Å². The fourth-order valence-electron chi connectivity index (χ4n) is 2.56. The molecule has 0 heterocycles. The van der Waals surface area contributed by atoms with Crippen LogP contribution in [0.1, 0.15) is 0 Å². The second kappa shape index (κ2) is 9.78. The normalized spacial score (nSPS) is 14.9. The highest BCUT2D eigenvalue weighted by Gasteiger charge is 2.20. The third kappa shape index (κ3) is 5.38. The molecule has 0 saturated heterocycles. The average molecular weight is 406 g/mol. The minimum atomic E-state index is -0.647. The zero-order chi connectivity index (χ0) is 21.3. The molecule has 0 atom stereocenters. The Hall–Kier alpha value is -4.28. The molecule has 30 heavy (non-hydrogen) atoms. The van der Waals surface area contributed by atoms with Crippen molar-refractivity contribution in [2.75, 3.05) is 10.9 Å². The van der Waals surface area contributed by atoms with Crippen molar-refractivity contribution in [3.63, 3.8) is 0 Å². The Morgan fingerprint density at radius 2 is 1.57 bits per heavy atom. The number of benzene rings is 2. The maximum Gasteiger partial charge on any atom is 0.233 e. The first-order valence-electron chi connectivity index (χ1n) is 8.77. The molecular formula is C20H18N6O4-2. The maximum absolute atomic E-state index is 11.5. The number of nitrogens with zero attached hydrogens (tertiary/aromatic N) is 3. The van der Waals surface area contributed by atoms with E-state index in [1.165, 1.54) is 18.5 Å². The van der Waals surface area contributed by atoms with Gasteiger partial charge in [-0.3, -0.25) is 10.6 Å². The number of nitrogens with one attached hydrogen (secondary N) is 3. The summed E-state index contributed by atoms with van der Waals surface area (Å²) in [6, 6.07) is 18.2. The van der Waals surface area contributed by atoms with Crippen LogP contribution in [0.4, 0.5) is 11.4 Å². The summed E-state index contributed by atoms with van der Waals surface area (Å²) in [5.74, 6) is 0. The van der Waals surface area contributed by atoms with Crippen LogP contribution in [0.5, 0.6) is 0 Å². The first kappa shape index (κ1) is 20.5. The van der Waals surface area contributed by atoms with E-state index in [1.807, 2.05) is 48.5 Å². The molecule has 1 aliphatic carbocycles. The molecule has 0 saturated carbocycles. The van der Waals surface area contributed by atoms with Gasteiger partial charge < -0.3 is 31.7 Å². The van der Waals surface area contributed by atoms with Crippen molar-refractivity contribution in [1.29, 1.82) is 0 Å². The van der Waals surface area contributed by atoms with Gasteiger partial charge in [-0.25, -0.2) is 0 Å². The third-order valence-electron chi connectivity index (χ3n) is 3.97. The number of hydrogen-bond donors (Lipinski definition) is 4. The maximum atomic E-state index is 11.5. The van der Waals surface area contributed by atoms with Gasteiger partial charge in [0.25, 0.3) is 0 Å². The summed E-state index contributed by atoms with van der Waals surface area (Å²) in [5, 5.41) is 47.3. The van der Waals surface area contributed by atoms with Gasteiger partial charge in [0, 0.05) is 17.8 Å². The van der Waals surface area contributed by atoms with E-state index >= 15 is 0 Å². The molecule has 0 aliphatic heterocycles. The van der Waals surface area contributed by atoms with Crippen LogP contribution in [0, 0.1) is 15.6 Å². The number of rotatable bonds is 7. The van der Waals surface area contributed by atoms with Gasteiger partial charge in [0.15, 0.2) is 0 Å². The van der Waals surface area contributed by atoms with Crippen LogP contribution in [0.25, 0.3) is 0 Å². The van der Waals surface area contributed by atoms with Crippen molar-refractivity contribution in [2.24, 2.45) is 5.10 Å². The molecule has 0 bridgehead atoms. The van der Waals surface area contributed by atoms with Crippen LogP contribution in [-0.2, 0) is 0 Å². The van der Waals surface area contributed by atoms with Gasteiger partial charge in [-0.2, -0.15) is 10.0 Å². The Morgan fingerprint density at radius 3 is 2.17 bits per heavy atom. The van der Waals surface area contributed by atoms with Gasteiger partial charge in [-0.15, -0.1) is 0 Å². The van der Waals surface area contributed by atoms with E-state index in [9.17, 15) is 20.8 Å². The number of hydrazine groups is 1. The fourth-order valence-corrected chi connectivity index (χ4v) is 2.56. The largest absolute Gasteiger partial charge is 0.733 e. The Kier molecular flexibility index (Phi) is 6.66. The first-order valence-corrected chi connectivity index (χ1v) is 8.77. The topological polar surface area (TPSA) is 144 Å². The Balaban J connectivity index is 1.84. The average Bonchev–Trinajstić information content (AvgIpc) is 2.75. The van der Waals surface area contributed by atoms with Gasteiger partial charge in [0.05, 0.1) is 28.9 Å². The van der Waals surface area contributed by atoms with E-state index in [1.54, 1.807) is 12.1 Å². The molecule has 154 valence electrons. The Morgan fingerprint density at radius 1 is 0.933 bits per heavy atom. The van der Waals surface area contributed by atoms with Crippen molar-refractivity contribution in [3.8, 4) is 0 Å². The number of hydroxylamine groups is 2. The Bertz CT molecular complexity index is 1010. The summed E-state index contributed by atoms with van der Waals surface area (Å²) in [4.78, 5) is -0.647. The van der Waals surface area contributed by atoms with Crippen molar-refractivity contribution in [2.45, 2.75) is 0 Å². The number of hydrogen-bond acceptors (Lipinski definition) is 9. The van der Waals surface area contributed by atoms with E-state index in [0.717, 1.165) is 11.8 Å². The standard InChI is InChI=1S/C20H18N6O4/c27-25(28)19-12-20(26(29)30)16(14-22-24-18-9-5-2-6-10-18)11-15(19)13-21-23-17-7-3-1-4-8-17/h1-14,21,23-24,29H/q-2. The molecule has 2 aromatic rings. The van der Waals surface area contributed by atoms with Crippen LogP contribution in [0.2, 0.25) is 0 Å². The van der Waals surface area contributed by atoms with Crippen molar-refractivity contribution < 1.29 is 10.1 Å². The molecule has 10 nitrogen and oxygen atoms in total. The van der Waals surface area contributed by atoms with Crippen LogP contribution >= 0.6 is 0 Å². The zero-order valence-corrected chi connectivity index (χ0v) is 15.6. The van der Waals surface area contributed by atoms with Gasteiger partial charge in [-0.05, 0) is 30.3 Å². The molecule has 1 aliphatic rings. The van der Waals surface area contributed by atoms with E-state index in [4.69, 9.17) is 0 Å². The zero-order valence-electron chi connectivity index (χ0n) is 15.6. The molecule has 4 N–H and O–H groups in total. The van der Waals surface area contributed by atoms with Crippen molar-refractivity contribution in [3.05, 3.63) is 111 Å². The SMILES string of the molecule is [O-]N(O)C1=CC(=[N+]([O-])[O-])C(=CNNc2ccccc2)C=C1C=NNc1ccccc1. The highest BCUT2D eigenvalue weighted by Crippen LogP contribution is 2.22. The van der Waals surface area contributed by atoms with Crippen LogP contribution in [0.15, 0.2) is 101 Å². The van der Waals surface area contributed by atoms with Gasteiger partial charge in [0.1, 0.15) is 0 Å². The minimum absolute atomic E-state index is 0.175. The first-order chi connectivity index (χ1) is 14.5. The smallest absolute Gasteiger partial charge is 0.233 e. The highest BCUT2D eigenvalue weighted by molar-refractivity contribution is 6.11. The monoisotopic (exact) mass is 406 g/mol. The van der Waals surface area contributed by atoms with Crippen LogP contribution in [-0.4, -0.2) is 27.3 Å². The van der Waals surface area contributed by atoms with Crippen LogP contribution in [0.3, 0.4) is 0 Å². The Labute approximate surface area is 172 Å². The molecule has 0 spiro atoms. The number of para-hydroxylation sites is 2. The lowest BCUT2D eigenvalue weighted by atomic mass is 9.98. The summed E-state index contributed by atoms with van der Waals surface area (Å²) in [5.41, 5.74) is 9.57. The third-order valence-corrected chi connectivity index (χ3v) is 3.97. The molecule has 10 heteroatoms. The van der Waals surface area contributed by atoms with Crippen LogP contribution < -0.4 is 16.3 Å². The predicted molar refractivity (Wildman–Crippen MR) is 115 cm³/mol. The molecule has 0 fully saturated rings.